The standard InChI is InChI=1S/C16H16N2O2/c1-11-3-5-14-12(9-11)10-15(20-14)13(19)4-6-16-17-7-8-18(16)2/h3,5,7-10H,4,6H2,1-2H3. The Morgan fingerprint density at radius 2 is 2.20 bits per heavy atom. The van der Waals surface area contributed by atoms with Gasteiger partial charge >= 0.3 is 0 Å². The number of Topliss-reactive ketones (excluding diaryl/α,β-unsaturated/α-hetero) is 1. The average Bonchev–Trinajstić information content (AvgIpc) is 3.01. The molecule has 1 aromatic carbocycles. The van der Waals surface area contributed by atoms with Crippen molar-refractivity contribution in [3.05, 3.63) is 53.8 Å². The molecule has 0 atom stereocenters. The summed E-state index contributed by atoms with van der Waals surface area (Å²) in [6.45, 7) is 2.02. The van der Waals surface area contributed by atoms with Gasteiger partial charge in [-0.2, -0.15) is 0 Å². The Morgan fingerprint density at radius 3 is 2.95 bits per heavy atom. The number of ketones is 1. The number of nitrogens with zero attached hydrogens (tertiary/aromatic N) is 2. The van der Waals surface area contributed by atoms with Crippen LogP contribution in [0.1, 0.15) is 28.4 Å². The smallest absolute Gasteiger partial charge is 0.198 e. The van der Waals surface area contributed by atoms with Gasteiger partial charge in [0, 0.05) is 37.7 Å². The van der Waals surface area contributed by atoms with Crippen LogP contribution in [-0.4, -0.2) is 15.3 Å². The number of carbonyl (C=O) groups excluding carboxylic acids is 1. The zero-order valence-corrected chi connectivity index (χ0v) is 11.6. The Bertz CT molecular complexity index is 768. The number of fused-ring (bicyclic) bond motifs is 1. The number of carbonyl (C=O) groups is 1. The predicted octanol–water partition coefficient (Wildman–Crippen LogP) is 3.29. The van der Waals surface area contributed by atoms with Gasteiger partial charge in [0.05, 0.1) is 0 Å². The molecule has 0 saturated heterocycles. The van der Waals surface area contributed by atoms with Crippen LogP contribution in [-0.2, 0) is 13.5 Å². The third-order valence-corrected chi connectivity index (χ3v) is 3.44. The highest BCUT2D eigenvalue weighted by atomic mass is 16.3. The number of aryl methyl sites for hydroxylation is 3. The van der Waals surface area contributed by atoms with Crippen molar-refractivity contribution in [3.63, 3.8) is 0 Å². The topological polar surface area (TPSA) is 48.0 Å². The lowest BCUT2D eigenvalue weighted by Gasteiger charge is -1.99. The van der Waals surface area contributed by atoms with Gasteiger partial charge in [0.15, 0.2) is 11.5 Å². The molecule has 3 aromatic rings. The first kappa shape index (κ1) is 12.7. The van der Waals surface area contributed by atoms with E-state index in [9.17, 15) is 4.79 Å². The van der Waals surface area contributed by atoms with Crippen molar-refractivity contribution < 1.29 is 9.21 Å². The highest BCUT2D eigenvalue weighted by Crippen LogP contribution is 2.21. The van der Waals surface area contributed by atoms with Gasteiger partial charge in [0.1, 0.15) is 11.4 Å². The van der Waals surface area contributed by atoms with Crippen molar-refractivity contribution in [1.29, 1.82) is 0 Å². The van der Waals surface area contributed by atoms with Gasteiger partial charge in [0.2, 0.25) is 0 Å². The molecule has 0 fully saturated rings. The lowest BCUT2D eigenvalue weighted by atomic mass is 10.1. The maximum atomic E-state index is 12.2. The summed E-state index contributed by atoms with van der Waals surface area (Å²) in [5, 5.41) is 0.977. The van der Waals surface area contributed by atoms with E-state index in [0.29, 0.717) is 18.6 Å². The average molecular weight is 268 g/mol. The number of aromatic nitrogens is 2. The maximum absolute atomic E-state index is 12.2. The van der Waals surface area contributed by atoms with Crippen LogP contribution in [0.5, 0.6) is 0 Å². The fourth-order valence-corrected chi connectivity index (χ4v) is 2.29. The zero-order chi connectivity index (χ0) is 14.1. The third kappa shape index (κ3) is 2.37. The van der Waals surface area contributed by atoms with E-state index in [1.54, 1.807) is 6.20 Å². The van der Waals surface area contributed by atoms with E-state index in [-0.39, 0.29) is 5.78 Å². The summed E-state index contributed by atoms with van der Waals surface area (Å²) < 4.78 is 7.53. The van der Waals surface area contributed by atoms with Crippen LogP contribution < -0.4 is 0 Å². The Kier molecular flexibility index (Phi) is 3.14. The normalized spacial score (nSPS) is 11.1. The third-order valence-electron chi connectivity index (χ3n) is 3.44. The van der Waals surface area contributed by atoms with Crippen LogP contribution in [0.3, 0.4) is 0 Å². The number of furan rings is 1. The summed E-state index contributed by atoms with van der Waals surface area (Å²) in [6, 6.07) is 7.73. The minimum atomic E-state index is 0.0156. The largest absolute Gasteiger partial charge is 0.453 e. The lowest BCUT2D eigenvalue weighted by molar-refractivity contribution is 0.0957. The molecule has 2 aromatic heterocycles. The second kappa shape index (κ2) is 4.96. The molecule has 0 bridgehead atoms. The van der Waals surface area contributed by atoms with Crippen LogP contribution in [0.15, 0.2) is 41.1 Å². The van der Waals surface area contributed by atoms with Crippen LogP contribution in [0.25, 0.3) is 11.0 Å². The van der Waals surface area contributed by atoms with Gasteiger partial charge in [-0.1, -0.05) is 11.6 Å². The van der Waals surface area contributed by atoms with E-state index in [4.69, 9.17) is 4.42 Å². The number of rotatable bonds is 4. The van der Waals surface area contributed by atoms with E-state index in [1.807, 2.05) is 49.0 Å². The summed E-state index contributed by atoms with van der Waals surface area (Å²) in [7, 11) is 1.93. The molecule has 4 nitrogen and oxygen atoms in total. The quantitative estimate of drug-likeness (QED) is 0.682. The number of imidazole rings is 1. The van der Waals surface area contributed by atoms with Crippen LogP contribution in [0.2, 0.25) is 0 Å². The monoisotopic (exact) mass is 268 g/mol. The summed E-state index contributed by atoms with van der Waals surface area (Å²) in [5.74, 6) is 1.35. The van der Waals surface area contributed by atoms with Crippen LogP contribution in [0.4, 0.5) is 0 Å². The molecular weight excluding hydrogens is 252 g/mol. The molecule has 0 radical (unpaired) electrons. The van der Waals surface area contributed by atoms with E-state index in [1.165, 1.54) is 0 Å². The molecule has 102 valence electrons. The van der Waals surface area contributed by atoms with Crippen LogP contribution >= 0.6 is 0 Å². The van der Waals surface area contributed by atoms with Gasteiger partial charge in [-0.3, -0.25) is 4.79 Å². The van der Waals surface area contributed by atoms with Crippen molar-refractivity contribution in [2.45, 2.75) is 19.8 Å². The number of hydrogen-bond acceptors (Lipinski definition) is 3. The molecule has 20 heavy (non-hydrogen) atoms. The zero-order valence-electron chi connectivity index (χ0n) is 11.6. The molecule has 0 N–H and O–H groups in total. The molecule has 2 heterocycles. The minimum absolute atomic E-state index is 0.0156. The highest BCUT2D eigenvalue weighted by Gasteiger charge is 2.13. The number of hydrogen-bond donors (Lipinski definition) is 0. The fourth-order valence-electron chi connectivity index (χ4n) is 2.29. The molecule has 3 rings (SSSR count). The maximum Gasteiger partial charge on any atom is 0.198 e. The van der Waals surface area contributed by atoms with Crippen molar-refractivity contribution >= 4 is 16.8 Å². The SMILES string of the molecule is Cc1ccc2oc(C(=O)CCc3nccn3C)cc2c1. The van der Waals surface area contributed by atoms with E-state index in [2.05, 4.69) is 4.98 Å². The molecular formula is C16H16N2O2. The molecule has 0 spiro atoms. The van der Waals surface area contributed by atoms with Gasteiger partial charge in [-0.05, 0) is 25.1 Å². The van der Waals surface area contributed by atoms with Gasteiger partial charge in [-0.15, -0.1) is 0 Å². The number of benzene rings is 1. The summed E-state index contributed by atoms with van der Waals surface area (Å²) >= 11 is 0. The summed E-state index contributed by atoms with van der Waals surface area (Å²) in [5.41, 5.74) is 1.92. The second-order valence-corrected chi connectivity index (χ2v) is 5.03. The molecule has 4 heteroatoms. The fraction of sp³-hybridized carbons (Fsp3) is 0.250. The Balaban J connectivity index is 1.77. The minimum Gasteiger partial charge on any atom is -0.453 e. The summed E-state index contributed by atoms with van der Waals surface area (Å²) in [6.07, 6.45) is 4.65. The molecule has 0 aliphatic rings. The van der Waals surface area contributed by atoms with Crippen molar-refractivity contribution in [2.75, 3.05) is 0 Å². The predicted molar refractivity (Wildman–Crippen MR) is 76.8 cm³/mol. The van der Waals surface area contributed by atoms with Gasteiger partial charge in [0.25, 0.3) is 0 Å². The first-order valence-corrected chi connectivity index (χ1v) is 6.63. The van der Waals surface area contributed by atoms with Crippen molar-refractivity contribution in [1.82, 2.24) is 9.55 Å². The van der Waals surface area contributed by atoms with Gasteiger partial charge < -0.3 is 8.98 Å². The van der Waals surface area contributed by atoms with E-state index >= 15 is 0 Å². The Labute approximate surface area is 117 Å². The molecule has 0 amide bonds. The Morgan fingerprint density at radius 1 is 1.35 bits per heavy atom. The van der Waals surface area contributed by atoms with Crippen LogP contribution in [0, 0.1) is 6.92 Å². The van der Waals surface area contributed by atoms with Crippen molar-refractivity contribution in [3.8, 4) is 0 Å². The van der Waals surface area contributed by atoms with Gasteiger partial charge in [-0.25, -0.2) is 4.98 Å². The second-order valence-electron chi connectivity index (χ2n) is 5.03. The molecule has 0 saturated carbocycles. The highest BCUT2D eigenvalue weighted by molar-refractivity contribution is 5.97. The van der Waals surface area contributed by atoms with E-state index in [0.717, 1.165) is 22.4 Å². The lowest BCUT2D eigenvalue weighted by Crippen LogP contribution is -2.03. The first-order valence-electron chi connectivity index (χ1n) is 6.63. The van der Waals surface area contributed by atoms with Crippen molar-refractivity contribution in [2.24, 2.45) is 7.05 Å². The molecule has 0 unspecified atom stereocenters. The Hall–Kier alpha value is -2.36. The molecule has 0 aliphatic carbocycles. The molecule has 0 aliphatic heterocycles. The van der Waals surface area contributed by atoms with E-state index < -0.39 is 0 Å². The summed E-state index contributed by atoms with van der Waals surface area (Å²) in [4.78, 5) is 16.4. The first-order chi connectivity index (χ1) is 9.63.